The zero-order valence-corrected chi connectivity index (χ0v) is 11.7. The van der Waals surface area contributed by atoms with E-state index in [0.29, 0.717) is 12.5 Å². The summed E-state index contributed by atoms with van der Waals surface area (Å²) in [7, 11) is 0. The number of carbonyl (C=O) groups is 1. The molecule has 0 saturated carbocycles. The first kappa shape index (κ1) is 12.2. The number of nitrogens with zero attached hydrogens (tertiary/aromatic N) is 1. The summed E-state index contributed by atoms with van der Waals surface area (Å²) < 4.78 is 6.12. The first-order chi connectivity index (χ1) is 9.68. The molecule has 1 aromatic rings. The van der Waals surface area contributed by atoms with E-state index in [2.05, 4.69) is 36.4 Å². The summed E-state index contributed by atoms with van der Waals surface area (Å²) >= 11 is 0. The Morgan fingerprint density at radius 3 is 2.80 bits per heavy atom. The summed E-state index contributed by atoms with van der Waals surface area (Å²) in [6.45, 7) is 2.36. The van der Waals surface area contributed by atoms with E-state index in [4.69, 9.17) is 4.74 Å². The summed E-state index contributed by atoms with van der Waals surface area (Å²) in [6.07, 6.45) is 6.74. The third-order valence-corrected chi connectivity index (χ3v) is 5.06. The summed E-state index contributed by atoms with van der Waals surface area (Å²) in [5.74, 6) is 0.678. The Balaban J connectivity index is 1.70. The molecule has 0 radical (unpaired) electrons. The molecule has 3 heterocycles. The van der Waals surface area contributed by atoms with Crippen LogP contribution in [0.3, 0.4) is 0 Å². The van der Waals surface area contributed by atoms with Gasteiger partial charge in [0, 0.05) is 6.92 Å². The number of benzene rings is 1. The largest absolute Gasteiger partial charge is 0.361 e. The van der Waals surface area contributed by atoms with Crippen LogP contribution in [-0.4, -0.2) is 29.1 Å². The van der Waals surface area contributed by atoms with Crippen LogP contribution in [0.4, 0.5) is 0 Å². The number of likely N-dealkylation sites (tertiary alicyclic amines) is 1. The number of hydrogen-bond acceptors (Lipinski definition) is 2. The van der Waals surface area contributed by atoms with Crippen molar-refractivity contribution in [1.29, 1.82) is 0 Å². The van der Waals surface area contributed by atoms with E-state index in [-0.39, 0.29) is 23.7 Å². The molecule has 2 saturated heterocycles. The molecular formula is C17H19NO2. The molecule has 0 aromatic heterocycles. The van der Waals surface area contributed by atoms with Crippen LogP contribution < -0.4 is 0 Å². The first-order valence-electron chi connectivity index (χ1n) is 7.37. The maximum atomic E-state index is 12.1. The third kappa shape index (κ3) is 1.66. The monoisotopic (exact) mass is 269 g/mol. The van der Waals surface area contributed by atoms with Crippen molar-refractivity contribution < 1.29 is 9.53 Å². The van der Waals surface area contributed by atoms with Gasteiger partial charge >= 0.3 is 0 Å². The van der Waals surface area contributed by atoms with Crippen LogP contribution in [0.15, 0.2) is 42.5 Å². The van der Waals surface area contributed by atoms with Gasteiger partial charge in [-0.2, -0.15) is 0 Å². The molecule has 4 rings (SSSR count). The normalized spacial score (nSPS) is 38.0. The van der Waals surface area contributed by atoms with Crippen LogP contribution in [0.25, 0.3) is 0 Å². The van der Waals surface area contributed by atoms with E-state index in [9.17, 15) is 4.79 Å². The number of carbonyl (C=O) groups excluding carboxylic acids is 1. The summed E-state index contributed by atoms with van der Waals surface area (Å²) in [6, 6.07) is 10.6. The van der Waals surface area contributed by atoms with E-state index < -0.39 is 0 Å². The van der Waals surface area contributed by atoms with Gasteiger partial charge in [-0.3, -0.25) is 4.79 Å². The number of ether oxygens (including phenoxy) is 1. The Hall–Kier alpha value is -1.61. The van der Waals surface area contributed by atoms with Crippen LogP contribution in [0, 0.1) is 5.92 Å². The fraction of sp³-hybridized carbons (Fsp3) is 0.471. The number of piperidine rings is 1. The van der Waals surface area contributed by atoms with Crippen molar-refractivity contribution in [3.05, 3.63) is 48.0 Å². The van der Waals surface area contributed by atoms with Gasteiger partial charge in [0.05, 0.1) is 18.7 Å². The molecule has 1 spiro atoms. The van der Waals surface area contributed by atoms with Gasteiger partial charge in [-0.1, -0.05) is 42.5 Å². The number of hydrogen-bond donors (Lipinski definition) is 0. The molecule has 20 heavy (non-hydrogen) atoms. The molecule has 104 valence electrons. The van der Waals surface area contributed by atoms with Crippen LogP contribution in [0.2, 0.25) is 0 Å². The maximum absolute atomic E-state index is 12.1. The molecule has 3 aliphatic heterocycles. The minimum Gasteiger partial charge on any atom is -0.361 e. The van der Waals surface area contributed by atoms with Gasteiger partial charge in [-0.05, 0) is 24.3 Å². The first-order valence-corrected chi connectivity index (χ1v) is 7.37. The van der Waals surface area contributed by atoms with Crippen molar-refractivity contribution in [2.24, 2.45) is 5.92 Å². The van der Waals surface area contributed by atoms with Crippen molar-refractivity contribution >= 4 is 5.91 Å². The van der Waals surface area contributed by atoms with E-state index in [1.807, 2.05) is 11.0 Å². The highest BCUT2D eigenvalue weighted by Crippen LogP contribution is 2.51. The molecule has 1 amide bonds. The van der Waals surface area contributed by atoms with Gasteiger partial charge < -0.3 is 9.64 Å². The molecule has 2 bridgehead atoms. The maximum Gasteiger partial charge on any atom is 0.220 e. The smallest absolute Gasteiger partial charge is 0.220 e. The van der Waals surface area contributed by atoms with Crippen molar-refractivity contribution in [2.75, 3.05) is 6.54 Å². The van der Waals surface area contributed by atoms with E-state index in [0.717, 1.165) is 12.8 Å². The Morgan fingerprint density at radius 2 is 2.10 bits per heavy atom. The lowest BCUT2D eigenvalue weighted by Crippen LogP contribution is -2.53. The second-order valence-electron chi connectivity index (χ2n) is 6.21. The van der Waals surface area contributed by atoms with Crippen LogP contribution in [0.1, 0.15) is 31.4 Å². The van der Waals surface area contributed by atoms with Gasteiger partial charge in [0.2, 0.25) is 5.91 Å². The van der Waals surface area contributed by atoms with Gasteiger partial charge in [-0.25, -0.2) is 0 Å². The zero-order valence-electron chi connectivity index (χ0n) is 11.7. The molecule has 3 aliphatic rings. The van der Waals surface area contributed by atoms with Gasteiger partial charge in [-0.15, -0.1) is 0 Å². The highest BCUT2D eigenvalue weighted by Gasteiger charge is 2.55. The topological polar surface area (TPSA) is 29.5 Å². The fourth-order valence-corrected chi connectivity index (χ4v) is 4.08. The summed E-state index contributed by atoms with van der Waals surface area (Å²) in [5, 5.41) is 0. The van der Waals surface area contributed by atoms with Crippen molar-refractivity contribution in [1.82, 2.24) is 4.90 Å². The van der Waals surface area contributed by atoms with Crippen molar-refractivity contribution in [2.45, 2.75) is 37.5 Å². The average molecular weight is 269 g/mol. The highest BCUT2D eigenvalue weighted by molar-refractivity contribution is 5.74. The predicted molar refractivity (Wildman–Crippen MR) is 76.0 cm³/mol. The Bertz CT molecular complexity index is 568. The molecule has 0 N–H and O–H groups in total. The molecule has 4 atom stereocenters. The van der Waals surface area contributed by atoms with E-state index in [1.54, 1.807) is 6.92 Å². The molecule has 3 nitrogen and oxygen atoms in total. The minimum atomic E-state index is -0.207. The Morgan fingerprint density at radius 1 is 1.30 bits per heavy atom. The number of fused-ring (bicyclic) bond motifs is 1. The quantitative estimate of drug-likeness (QED) is 0.734. The van der Waals surface area contributed by atoms with E-state index >= 15 is 0 Å². The third-order valence-electron chi connectivity index (χ3n) is 5.06. The molecule has 2 fully saturated rings. The molecule has 0 aliphatic carbocycles. The lowest BCUT2D eigenvalue weighted by atomic mass is 9.74. The fourth-order valence-electron chi connectivity index (χ4n) is 4.08. The molecule has 3 heteroatoms. The Kier molecular flexibility index (Phi) is 2.55. The van der Waals surface area contributed by atoms with Gasteiger partial charge in [0.15, 0.2) is 0 Å². The van der Waals surface area contributed by atoms with Crippen LogP contribution >= 0.6 is 0 Å². The van der Waals surface area contributed by atoms with Gasteiger partial charge in [0.25, 0.3) is 0 Å². The highest BCUT2D eigenvalue weighted by atomic mass is 16.5. The minimum absolute atomic E-state index is 0.138. The zero-order chi connectivity index (χ0) is 13.7. The Labute approximate surface area is 119 Å². The lowest BCUT2D eigenvalue weighted by Gasteiger charge is -2.46. The van der Waals surface area contributed by atoms with Crippen molar-refractivity contribution in [3.63, 3.8) is 0 Å². The second kappa shape index (κ2) is 4.19. The van der Waals surface area contributed by atoms with Crippen molar-refractivity contribution in [3.8, 4) is 0 Å². The lowest BCUT2D eigenvalue weighted by molar-refractivity contribution is -0.140. The summed E-state index contributed by atoms with van der Waals surface area (Å²) in [4.78, 5) is 14.1. The molecular weight excluding hydrogens is 250 g/mol. The molecule has 1 aromatic carbocycles. The van der Waals surface area contributed by atoms with Crippen LogP contribution in [-0.2, 0) is 9.53 Å². The van der Waals surface area contributed by atoms with E-state index in [1.165, 1.54) is 5.56 Å². The average Bonchev–Trinajstić information content (AvgIpc) is 3.02. The number of rotatable bonds is 1. The summed E-state index contributed by atoms with van der Waals surface area (Å²) in [5.41, 5.74) is 1.03. The number of amides is 1. The SMILES string of the molecule is CC(=O)N1C[C@]23C=C[C@H](C[C@H]2CC1c1ccccc1)O3. The molecule has 1 unspecified atom stereocenters. The standard InChI is InChI=1S/C17H19NO2/c1-12(19)18-11-17-8-7-15(20-17)9-14(17)10-16(18)13-5-3-2-4-6-13/h2-8,14-16H,9-11H2,1H3/t14-,15+,16?,17+/m0/s1. The predicted octanol–water partition coefficient (Wildman–Crippen LogP) is 2.69. The second-order valence-corrected chi connectivity index (χ2v) is 6.21. The van der Waals surface area contributed by atoms with Gasteiger partial charge in [0.1, 0.15) is 5.60 Å². The van der Waals surface area contributed by atoms with Crippen LogP contribution in [0.5, 0.6) is 0 Å².